The van der Waals surface area contributed by atoms with E-state index in [1.807, 2.05) is 66.7 Å². The highest BCUT2D eigenvalue weighted by Gasteiger charge is 2.34. The van der Waals surface area contributed by atoms with E-state index in [4.69, 9.17) is 19.2 Å². The van der Waals surface area contributed by atoms with Gasteiger partial charge >= 0.3 is 0 Å². The van der Waals surface area contributed by atoms with Crippen LogP contribution in [0.5, 0.6) is 17.2 Å². The molecule has 1 atom stereocenters. The molecule has 0 unspecified atom stereocenters. The van der Waals surface area contributed by atoms with Gasteiger partial charge in [-0.3, -0.25) is 14.2 Å². The number of amides is 1. The molecule has 5 aromatic rings. The molecule has 0 bridgehead atoms. The fourth-order valence-corrected chi connectivity index (χ4v) is 6.44. The van der Waals surface area contributed by atoms with Crippen LogP contribution in [0.4, 0.5) is 5.69 Å². The topological polar surface area (TPSA) is 115 Å². The number of fused-ring (bicyclic) bond motifs is 1. The van der Waals surface area contributed by atoms with E-state index in [0.717, 1.165) is 11.1 Å². The third-order valence-electron chi connectivity index (χ3n) is 7.74. The Hall–Kier alpha value is -5.92. The summed E-state index contributed by atoms with van der Waals surface area (Å²) in [6.45, 7) is 2.03. The van der Waals surface area contributed by atoms with Crippen molar-refractivity contribution in [1.29, 1.82) is 5.26 Å². The molecule has 1 aromatic heterocycles. The number of nitriles is 1. The Morgan fingerprint density at radius 3 is 2.43 bits per heavy atom. The Bertz CT molecular complexity index is 2210. The van der Waals surface area contributed by atoms with Crippen LogP contribution in [0.3, 0.4) is 0 Å². The number of para-hydroxylation sites is 1. The summed E-state index contributed by atoms with van der Waals surface area (Å²) in [6.07, 6.45) is 1.80. The van der Waals surface area contributed by atoms with E-state index in [1.165, 1.54) is 18.4 Å². The number of rotatable bonds is 9. The van der Waals surface area contributed by atoms with E-state index < -0.39 is 6.04 Å². The lowest BCUT2D eigenvalue weighted by atomic mass is 9.94. The fourth-order valence-electron chi connectivity index (χ4n) is 5.40. The van der Waals surface area contributed by atoms with Crippen molar-refractivity contribution in [3.63, 3.8) is 0 Å². The van der Waals surface area contributed by atoms with Gasteiger partial charge in [0.15, 0.2) is 4.80 Å². The maximum absolute atomic E-state index is 14.2. The van der Waals surface area contributed by atoms with Gasteiger partial charge in [-0.1, -0.05) is 59.9 Å². The maximum Gasteiger partial charge on any atom is 0.271 e. The van der Waals surface area contributed by atoms with Crippen LogP contribution < -0.4 is 34.4 Å². The van der Waals surface area contributed by atoms with E-state index in [9.17, 15) is 14.9 Å². The van der Waals surface area contributed by atoms with Gasteiger partial charge in [-0.25, -0.2) is 4.99 Å². The van der Waals surface area contributed by atoms with Crippen LogP contribution in [0.25, 0.3) is 6.08 Å². The Kier molecular flexibility index (Phi) is 9.00. The summed E-state index contributed by atoms with van der Waals surface area (Å²) >= 11 is 1.25. The van der Waals surface area contributed by atoms with Crippen LogP contribution in [0.2, 0.25) is 0 Å². The summed E-state index contributed by atoms with van der Waals surface area (Å²) in [5.41, 5.74) is 3.94. The Labute approximate surface area is 274 Å². The Morgan fingerprint density at radius 2 is 1.70 bits per heavy atom. The van der Waals surface area contributed by atoms with E-state index in [-0.39, 0.29) is 18.1 Å². The number of ether oxygens (including phenoxy) is 3. The number of aromatic nitrogens is 1. The average Bonchev–Trinajstić information content (AvgIpc) is 3.40. The zero-order valence-corrected chi connectivity index (χ0v) is 26.7. The van der Waals surface area contributed by atoms with Crippen molar-refractivity contribution >= 4 is 29.0 Å². The molecular formula is C37H30N4O5S. The van der Waals surface area contributed by atoms with Gasteiger partial charge < -0.3 is 19.5 Å². The van der Waals surface area contributed by atoms with Gasteiger partial charge in [0.2, 0.25) is 0 Å². The van der Waals surface area contributed by atoms with Gasteiger partial charge in [0.25, 0.3) is 11.5 Å². The first-order valence-corrected chi connectivity index (χ1v) is 15.5. The second-order valence-electron chi connectivity index (χ2n) is 10.6. The van der Waals surface area contributed by atoms with Gasteiger partial charge in [0.1, 0.15) is 29.9 Å². The number of anilines is 1. The summed E-state index contributed by atoms with van der Waals surface area (Å²) in [6, 6.07) is 30.5. The van der Waals surface area contributed by atoms with Crippen LogP contribution in [0.1, 0.15) is 35.2 Å². The largest absolute Gasteiger partial charge is 0.497 e. The SMILES string of the molecule is COc1ccc([C@@H]2C(C(=O)Nc3ccccc3)=C(C)N=c3s/c(=C\c4ccc(OCc5ccccc5C#N)cc4)c(=O)n32)c(OC)c1. The number of carbonyl (C=O) groups excluding carboxylic acids is 1. The van der Waals surface area contributed by atoms with Crippen molar-refractivity contribution in [1.82, 2.24) is 4.57 Å². The molecule has 10 heteroatoms. The molecule has 1 N–H and O–H groups in total. The zero-order chi connectivity index (χ0) is 32.9. The van der Waals surface area contributed by atoms with E-state index in [2.05, 4.69) is 11.4 Å². The molecule has 0 saturated heterocycles. The minimum Gasteiger partial charge on any atom is -0.497 e. The molecule has 0 fully saturated rings. The molecule has 0 aliphatic carbocycles. The first kappa shape index (κ1) is 31.1. The number of nitrogens with zero attached hydrogens (tertiary/aromatic N) is 3. The number of hydrogen-bond acceptors (Lipinski definition) is 8. The average molecular weight is 643 g/mol. The zero-order valence-electron chi connectivity index (χ0n) is 25.9. The third kappa shape index (κ3) is 6.43. The van der Waals surface area contributed by atoms with E-state index in [1.54, 1.807) is 55.0 Å². The van der Waals surface area contributed by atoms with Crippen LogP contribution in [-0.2, 0) is 11.4 Å². The normalized spacial score (nSPS) is 14.1. The lowest BCUT2D eigenvalue weighted by molar-refractivity contribution is -0.113. The molecule has 47 heavy (non-hydrogen) atoms. The fraction of sp³-hybridized carbons (Fsp3) is 0.135. The standard InChI is InChI=1S/C37H30N4O5S/c1-23-33(35(42)40-27-11-5-4-6-12-27)34(30-18-17-29(44-2)20-31(30)45-3)41-36(43)32(47-37(41)39-23)19-24-13-15-28(16-14-24)46-22-26-10-8-7-9-25(26)21-38/h4-20,34H,22H2,1-3H3,(H,40,42)/b32-19-/t34-/m1/s1. The summed E-state index contributed by atoms with van der Waals surface area (Å²) in [5.74, 6) is 1.31. The lowest BCUT2D eigenvalue weighted by Gasteiger charge is -2.26. The highest BCUT2D eigenvalue weighted by atomic mass is 32.1. The second-order valence-corrected chi connectivity index (χ2v) is 11.6. The molecule has 2 heterocycles. The van der Waals surface area contributed by atoms with Crippen LogP contribution in [0.15, 0.2) is 118 Å². The highest BCUT2D eigenvalue weighted by Crippen LogP contribution is 2.37. The number of nitrogens with one attached hydrogen (secondary N) is 1. The van der Waals surface area contributed by atoms with Gasteiger partial charge in [-0.2, -0.15) is 5.26 Å². The molecule has 9 nitrogen and oxygen atoms in total. The molecule has 6 rings (SSSR count). The number of benzene rings is 4. The predicted octanol–water partition coefficient (Wildman–Crippen LogP) is 5.34. The molecular weight excluding hydrogens is 612 g/mol. The second kappa shape index (κ2) is 13.6. The minimum absolute atomic E-state index is 0.260. The van der Waals surface area contributed by atoms with Crippen LogP contribution >= 0.6 is 11.3 Å². The Morgan fingerprint density at radius 1 is 0.979 bits per heavy atom. The number of hydrogen-bond donors (Lipinski definition) is 1. The number of methoxy groups -OCH3 is 2. The molecule has 0 saturated carbocycles. The van der Waals surface area contributed by atoms with Gasteiger partial charge in [-0.05, 0) is 61.0 Å². The first-order chi connectivity index (χ1) is 22.9. The highest BCUT2D eigenvalue weighted by molar-refractivity contribution is 7.07. The summed E-state index contributed by atoms with van der Waals surface area (Å²) in [5, 5.41) is 12.3. The van der Waals surface area contributed by atoms with Gasteiger partial charge in [0.05, 0.1) is 41.7 Å². The molecule has 234 valence electrons. The van der Waals surface area contributed by atoms with Crippen molar-refractivity contribution in [2.24, 2.45) is 4.99 Å². The van der Waals surface area contributed by atoms with Crippen molar-refractivity contribution in [3.8, 4) is 23.3 Å². The summed E-state index contributed by atoms with van der Waals surface area (Å²) in [4.78, 5) is 33.2. The molecule has 0 radical (unpaired) electrons. The third-order valence-corrected chi connectivity index (χ3v) is 8.73. The molecule has 4 aromatic carbocycles. The number of allylic oxidation sites excluding steroid dienone is 1. The smallest absolute Gasteiger partial charge is 0.271 e. The van der Waals surface area contributed by atoms with Crippen molar-refractivity contribution in [2.75, 3.05) is 19.5 Å². The summed E-state index contributed by atoms with van der Waals surface area (Å²) < 4.78 is 19.1. The van der Waals surface area contributed by atoms with E-state index >= 15 is 0 Å². The van der Waals surface area contributed by atoms with Gasteiger partial charge in [0, 0.05) is 22.9 Å². The first-order valence-electron chi connectivity index (χ1n) is 14.7. The molecule has 1 aliphatic heterocycles. The monoisotopic (exact) mass is 642 g/mol. The van der Waals surface area contributed by atoms with E-state index in [0.29, 0.717) is 54.7 Å². The van der Waals surface area contributed by atoms with Gasteiger partial charge in [-0.15, -0.1) is 0 Å². The maximum atomic E-state index is 14.2. The van der Waals surface area contributed by atoms with Crippen molar-refractivity contribution in [2.45, 2.75) is 19.6 Å². The Balaban J connectivity index is 1.38. The number of carbonyl (C=O) groups is 1. The minimum atomic E-state index is -0.815. The lowest BCUT2D eigenvalue weighted by Crippen LogP contribution is -2.40. The summed E-state index contributed by atoms with van der Waals surface area (Å²) in [7, 11) is 3.10. The number of thiazole rings is 1. The van der Waals surface area contributed by atoms with Crippen molar-refractivity contribution < 1.29 is 19.0 Å². The van der Waals surface area contributed by atoms with Crippen LogP contribution in [0, 0.1) is 11.3 Å². The molecule has 1 aliphatic rings. The van der Waals surface area contributed by atoms with Crippen molar-refractivity contribution in [3.05, 3.63) is 150 Å². The van der Waals surface area contributed by atoms with Crippen LogP contribution in [-0.4, -0.2) is 24.7 Å². The molecule has 0 spiro atoms. The quantitative estimate of drug-likeness (QED) is 0.232. The molecule has 1 amide bonds. The predicted molar refractivity (Wildman–Crippen MR) is 180 cm³/mol.